The van der Waals surface area contributed by atoms with E-state index >= 15 is 0 Å². The lowest BCUT2D eigenvalue weighted by molar-refractivity contribution is 0.483. The Labute approximate surface area is 480 Å². The number of hydrogen-bond acceptors (Lipinski definition) is 4. The first-order valence-corrected chi connectivity index (χ1v) is 28.7. The van der Waals surface area contributed by atoms with E-state index in [2.05, 4.69) is 316 Å². The molecule has 0 bridgehead atoms. The van der Waals surface area contributed by atoms with Gasteiger partial charge in [-0.25, -0.2) is 4.98 Å². The van der Waals surface area contributed by atoms with Gasteiger partial charge in [0, 0.05) is 51.5 Å². The van der Waals surface area contributed by atoms with E-state index < -0.39 is 0 Å². The zero-order valence-corrected chi connectivity index (χ0v) is 49.2. The first kappa shape index (κ1) is 53.0. The van der Waals surface area contributed by atoms with Crippen molar-refractivity contribution in [2.75, 3.05) is 16.5 Å². The first-order valence-electron chi connectivity index (χ1n) is 28.7. The van der Waals surface area contributed by atoms with Gasteiger partial charge in [-0.3, -0.25) is 4.57 Å². The van der Waals surface area contributed by atoms with E-state index in [0.717, 1.165) is 72.9 Å². The molecule has 3 heterocycles. The number of fused-ring (bicyclic) bond motifs is 4. The fourth-order valence-corrected chi connectivity index (χ4v) is 11.9. The van der Waals surface area contributed by atoms with Crippen molar-refractivity contribution in [3.63, 3.8) is 0 Å². The molecule has 0 aliphatic carbocycles. The Morgan fingerprint density at radius 2 is 0.889 bits per heavy atom. The highest BCUT2D eigenvalue weighted by Crippen LogP contribution is 2.51. The second kappa shape index (κ2) is 20.1. The van der Waals surface area contributed by atoms with Gasteiger partial charge in [0.05, 0.1) is 28.1 Å². The Bertz CT molecular complexity index is 4120. The number of para-hydroxylation sites is 4. The van der Waals surface area contributed by atoms with E-state index in [9.17, 15) is 0 Å². The smallest absolute Gasteiger partial charge is 0.137 e. The molecule has 5 heteroatoms. The minimum atomic E-state index is -0.174. The van der Waals surface area contributed by atoms with Crippen molar-refractivity contribution in [3.05, 3.63) is 241 Å². The fourth-order valence-electron chi connectivity index (χ4n) is 11.9. The molecule has 0 unspecified atom stereocenters. The number of aromatic nitrogens is 2. The summed E-state index contributed by atoms with van der Waals surface area (Å²) >= 11 is 0. The van der Waals surface area contributed by atoms with Crippen LogP contribution in [0.4, 0.5) is 22.7 Å². The number of benzene rings is 9. The molecule has 81 heavy (non-hydrogen) atoms. The quantitative estimate of drug-likeness (QED) is 0.144. The molecule has 0 saturated heterocycles. The molecule has 2 aromatic heterocycles. The summed E-state index contributed by atoms with van der Waals surface area (Å²) in [5.41, 5.74) is 21.0. The van der Waals surface area contributed by atoms with Gasteiger partial charge in [-0.15, -0.1) is 0 Å². The standard InChI is InChI=1S/C76H74N4O/c1-73(2,3)54-38-32-51(33-39-54)61-28-21-27-60(50-22-14-13-15-23-50)72(61)79-49-78(67-30-18-19-31-68(67)79)57-24-20-25-58(44-57)81-59-45-63(52-34-40-55(41-35-52)74(4,5)6)71-62-26-16-17-29-66(62)80(69(71)46-59)70-47-65(76(10,11)12)64(48-77-70)53-36-42-56(43-37-53)75(7,8)9/h13-48H,49H2,1-12H3. The molecule has 1 aliphatic heterocycles. The summed E-state index contributed by atoms with van der Waals surface area (Å²) in [5, 5.41) is 2.32. The van der Waals surface area contributed by atoms with Crippen LogP contribution in [0.15, 0.2) is 219 Å². The summed E-state index contributed by atoms with van der Waals surface area (Å²) in [7, 11) is 0. The highest BCUT2D eigenvalue weighted by molar-refractivity contribution is 6.16. The Balaban J connectivity index is 0.978. The van der Waals surface area contributed by atoms with Gasteiger partial charge in [0.15, 0.2) is 0 Å². The summed E-state index contributed by atoms with van der Waals surface area (Å²) in [5.74, 6) is 2.36. The van der Waals surface area contributed by atoms with Crippen LogP contribution in [0, 0.1) is 0 Å². The lowest BCUT2D eigenvalue weighted by Crippen LogP contribution is -2.25. The van der Waals surface area contributed by atoms with Crippen LogP contribution in [0.1, 0.15) is 105 Å². The van der Waals surface area contributed by atoms with E-state index in [0.29, 0.717) is 6.67 Å². The topological polar surface area (TPSA) is 33.5 Å². The summed E-state index contributed by atoms with van der Waals surface area (Å²) < 4.78 is 9.56. The zero-order chi connectivity index (χ0) is 56.6. The average molecular weight is 1060 g/mol. The molecule has 9 aromatic carbocycles. The van der Waals surface area contributed by atoms with Crippen molar-refractivity contribution in [2.45, 2.75) is 105 Å². The summed E-state index contributed by atoms with van der Waals surface area (Å²) in [6.45, 7) is 27.9. The van der Waals surface area contributed by atoms with Gasteiger partial charge < -0.3 is 14.5 Å². The maximum Gasteiger partial charge on any atom is 0.137 e. The van der Waals surface area contributed by atoms with Crippen molar-refractivity contribution in [1.82, 2.24) is 9.55 Å². The van der Waals surface area contributed by atoms with Crippen LogP contribution >= 0.6 is 0 Å². The van der Waals surface area contributed by atoms with Gasteiger partial charge in [-0.1, -0.05) is 241 Å². The number of rotatable bonds is 9. The molecule has 0 saturated carbocycles. The lowest BCUT2D eigenvalue weighted by atomic mass is 9.81. The number of nitrogens with zero attached hydrogens (tertiary/aromatic N) is 4. The molecule has 0 N–H and O–H groups in total. The monoisotopic (exact) mass is 1060 g/mol. The maximum atomic E-state index is 7.21. The minimum Gasteiger partial charge on any atom is -0.457 e. The third-order valence-electron chi connectivity index (χ3n) is 16.4. The van der Waals surface area contributed by atoms with E-state index in [-0.39, 0.29) is 21.7 Å². The van der Waals surface area contributed by atoms with Crippen LogP contribution in [-0.2, 0) is 21.7 Å². The molecular weight excluding hydrogens is 985 g/mol. The molecule has 11 aromatic rings. The van der Waals surface area contributed by atoms with Gasteiger partial charge in [-0.05, 0) is 114 Å². The number of anilines is 4. The fraction of sp³-hybridized carbons (Fsp3) is 0.224. The third-order valence-corrected chi connectivity index (χ3v) is 16.4. The summed E-state index contributed by atoms with van der Waals surface area (Å²) in [6.07, 6.45) is 2.09. The maximum absolute atomic E-state index is 7.21. The normalized spacial score (nSPS) is 13.1. The van der Waals surface area contributed by atoms with E-state index in [1.807, 2.05) is 0 Å². The van der Waals surface area contributed by atoms with Gasteiger partial charge in [0.1, 0.15) is 24.0 Å². The van der Waals surface area contributed by atoms with Gasteiger partial charge in [0.25, 0.3) is 0 Å². The highest BCUT2D eigenvalue weighted by atomic mass is 16.5. The predicted molar refractivity (Wildman–Crippen MR) is 344 cm³/mol. The molecule has 0 fully saturated rings. The van der Waals surface area contributed by atoms with Crippen LogP contribution in [0.25, 0.3) is 72.1 Å². The predicted octanol–water partition coefficient (Wildman–Crippen LogP) is 21.1. The van der Waals surface area contributed by atoms with Gasteiger partial charge >= 0.3 is 0 Å². The zero-order valence-electron chi connectivity index (χ0n) is 49.2. The Hall–Kier alpha value is -8.67. The van der Waals surface area contributed by atoms with Crippen molar-refractivity contribution in [2.24, 2.45) is 0 Å². The van der Waals surface area contributed by atoms with Crippen LogP contribution in [0.3, 0.4) is 0 Å². The van der Waals surface area contributed by atoms with Crippen molar-refractivity contribution in [3.8, 4) is 61.8 Å². The summed E-state index contributed by atoms with van der Waals surface area (Å²) in [6, 6.07) is 77.8. The first-order chi connectivity index (χ1) is 38.7. The SMILES string of the molecule is CC(C)(C)c1ccc(-c2cnc(-n3c4ccccc4c4c(-c5ccc(C(C)(C)C)cc5)cc(Oc5cccc(N6CN(c7c(-c8ccccc8)cccc7-c7ccc(C(C)(C)C)cc7)c7ccccc76)c5)cc43)cc2C(C)(C)C)cc1. The highest BCUT2D eigenvalue weighted by Gasteiger charge is 2.32. The average Bonchev–Trinajstić information content (AvgIpc) is 3.78. The van der Waals surface area contributed by atoms with Crippen LogP contribution in [0.2, 0.25) is 0 Å². The third kappa shape index (κ3) is 10.1. The Morgan fingerprint density at radius 1 is 0.383 bits per heavy atom. The van der Waals surface area contributed by atoms with Crippen LogP contribution in [0.5, 0.6) is 11.5 Å². The molecule has 1 aliphatic rings. The number of pyridine rings is 1. The number of hydrogen-bond donors (Lipinski definition) is 0. The molecule has 404 valence electrons. The van der Waals surface area contributed by atoms with E-state index in [4.69, 9.17) is 9.72 Å². The Morgan fingerprint density at radius 3 is 1.47 bits per heavy atom. The molecule has 12 rings (SSSR count). The van der Waals surface area contributed by atoms with Gasteiger partial charge in [0.2, 0.25) is 0 Å². The molecule has 5 nitrogen and oxygen atoms in total. The van der Waals surface area contributed by atoms with Gasteiger partial charge in [-0.2, -0.15) is 0 Å². The molecular formula is C76H74N4O. The van der Waals surface area contributed by atoms with Crippen LogP contribution in [-0.4, -0.2) is 16.2 Å². The minimum absolute atomic E-state index is 0.00982. The van der Waals surface area contributed by atoms with Crippen molar-refractivity contribution in [1.29, 1.82) is 0 Å². The van der Waals surface area contributed by atoms with Crippen molar-refractivity contribution >= 4 is 44.6 Å². The van der Waals surface area contributed by atoms with E-state index in [1.165, 1.54) is 55.8 Å². The molecule has 0 atom stereocenters. The summed E-state index contributed by atoms with van der Waals surface area (Å²) in [4.78, 5) is 10.3. The molecule has 0 amide bonds. The largest absolute Gasteiger partial charge is 0.457 e. The molecule has 0 spiro atoms. The molecule has 0 radical (unpaired) electrons. The van der Waals surface area contributed by atoms with E-state index in [1.54, 1.807) is 0 Å². The lowest BCUT2D eigenvalue weighted by Gasteiger charge is -2.27. The second-order valence-corrected chi connectivity index (χ2v) is 26.2. The number of ether oxygens (including phenoxy) is 1. The van der Waals surface area contributed by atoms with Crippen LogP contribution < -0.4 is 14.5 Å². The second-order valence-electron chi connectivity index (χ2n) is 26.2. The Kier molecular flexibility index (Phi) is 13.2. The van der Waals surface area contributed by atoms with Crippen molar-refractivity contribution < 1.29 is 4.74 Å².